The maximum absolute atomic E-state index is 5.90. The molecule has 0 atom stereocenters. The Bertz CT molecular complexity index is 797. The minimum absolute atomic E-state index is 0.537. The largest absolute Gasteiger partial charge is 0.438 e. The molecule has 7 heteroatoms. The highest BCUT2D eigenvalue weighted by Crippen LogP contribution is 2.45. The number of thioether (sulfide) groups is 2. The van der Waals surface area contributed by atoms with Crippen molar-refractivity contribution in [2.45, 2.75) is 4.58 Å². The standard InChI is InChI=1S/C15H14N4OS2/c1-19-13-12(8-18-19)14(17-9-16-13)20-11-4-2-10(3-5-11)15-21-6-7-22-15/h2-5,8-9,15H,6-7H2,1H3. The lowest BCUT2D eigenvalue weighted by Gasteiger charge is -2.10. The summed E-state index contributed by atoms with van der Waals surface area (Å²) in [6.45, 7) is 0. The molecule has 2 aromatic heterocycles. The summed E-state index contributed by atoms with van der Waals surface area (Å²) in [5.41, 5.74) is 2.11. The van der Waals surface area contributed by atoms with E-state index in [1.54, 1.807) is 10.9 Å². The maximum atomic E-state index is 5.90. The average Bonchev–Trinajstić information content (AvgIpc) is 3.19. The van der Waals surface area contributed by atoms with Gasteiger partial charge in [-0.3, -0.25) is 4.68 Å². The van der Waals surface area contributed by atoms with Gasteiger partial charge in [0.2, 0.25) is 5.88 Å². The highest BCUT2D eigenvalue weighted by Gasteiger charge is 2.18. The van der Waals surface area contributed by atoms with E-state index < -0.39 is 0 Å². The van der Waals surface area contributed by atoms with Crippen molar-refractivity contribution in [3.8, 4) is 11.6 Å². The van der Waals surface area contributed by atoms with Gasteiger partial charge in [-0.25, -0.2) is 9.97 Å². The number of aryl methyl sites for hydroxylation is 1. The third-order valence-corrected chi connectivity index (χ3v) is 6.59. The van der Waals surface area contributed by atoms with Crippen LogP contribution < -0.4 is 4.74 Å². The molecule has 1 saturated heterocycles. The van der Waals surface area contributed by atoms with Crippen molar-refractivity contribution in [2.75, 3.05) is 11.5 Å². The lowest BCUT2D eigenvalue weighted by molar-refractivity contribution is 0.468. The fourth-order valence-corrected chi connectivity index (χ4v) is 5.24. The van der Waals surface area contributed by atoms with Gasteiger partial charge in [-0.2, -0.15) is 5.10 Å². The van der Waals surface area contributed by atoms with E-state index in [9.17, 15) is 0 Å². The van der Waals surface area contributed by atoms with Gasteiger partial charge in [0.25, 0.3) is 0 Å². The van der Waals surface area contributed by atoms with Crippen molar-refractivity contribution >= 4 is 34.6 Å². The second-order valence-corrected chi connectivity index (χ2v) is 7.65. The summed E-state index contributed by atoms with van der Waals surface area (Å²) < 4.78 is 8.17. The Kier molecular flexibility index (Phi) is 3.67. The molecule has 1 aromatic carbocycles. The van der Waals surface area contributed by atoms with Gasteiger partial charge in [0.15, 0.2) is 5.65 Å². The maximum Gasteiger partial charge on any atom is 0.233 e. The molecule has 0 amide bonds. The van der Waals surface area contributed by atoms with Crippen LogP contribution in [-0.4, -0.2) is 31.3 Å². The summed E-state index contributed by atoms with van der Waals surface area (Å²) in [7, 11) is 1.85. The summed E-state index contributed by atoms with van der Waals surface area (Å²) in [5, 5.41) is 5.01. The van der Waals surface area contributed by atoms with Crippen molar-refractivity contribution in [1.82, 2.24) is 19.7 Å². The molecule has 4 rings (SSSR count). The van der Waals surface area contributed by atoms with Crippen LogP contribution >= 0.6 is 23.5 Å². The number of hydrogen-bond acceptors (Lipinski definition) is 6. The Morgan fingerprint density at radius 1 is 1.14 bits per heavy atom. The predicted octanol–water partition coefficient (Wildman–Crippen LogP) is 3.63. The normalized spacial score (nSPS) is 15.5. The van der Waals surface area contributed by atoms with Crippen molar-refractivity contribution in [3.05, 3.63) is 42.4 Å². The number of aromatic nitrogens is 4. The number of ether oxygens (including phenoxy) is 1. The Hall–Kier alpha value is -1.73. The molecule has 0 aliphatic carbocycles. The van der Waals surface area contributed by atoms with Crippen LogP contribution in [0.1, 0.15) is 10.1 Å². The van der Waals surface area contributed by atoms with Crippen LogP contribution in [0.15, 0.2) is 36.8 Å². The first-order valence-electron chi connectivity index (χ1n) is 6.95. The first-order valence-corrected chi connectivity index (χ1v) is 9.05. The third kappa shape index (κ3) is 2.55. The van der Waals surface area contributed by atoms with Crippen molar-refractivity contribution in [2.24, 2.45) is 7.05 Å². The fraction of sp³-hybridized carbons (Fsp3) is 0.267. The second kappa shape index (κ2) is 5.81. The molecule has 0 N–H and O–H groups in total. The summed E-state index contributed by atoms with van der Waals surface area (Å²) in [6, 6.07) is 8.26. The zero-order valence-corrected chi connectivity index (χ0v) is 13.6. The van der Waals surface area contributed by atoms with E-state index >= 15 is 0 Å². The monoisotopic (exact) mass is 330 g/mol. The minimum Gasteiger partial charge on any atom is -0.438 e. The highest BCUT2D eigenvalue weighted by molar-refractivity contribution is 8.19. The average molecular weight is 330 g/mol. The minimum atomic E-state index is 0.537. The van der Waals surface area contributed by atoms with Crippen LogP contribution in [0.4, 0.5) is 0 Å². The molecule has 1 aliphatic rings. The topological polar surface area (TPSA) is 52.8 Å². The van der Waals surface area contributed by atoms with Crippen LogP contribution in [0.5, 0.6) is 11.6 Å². The fourth-order valence-electron chi connectivity index (χ4n) is 2.38. The molecule has 3 aromatic rings. The summed E-state index contributed by atoms with van der Waals surface area (Å²) >= 11 is 4.00. The molecule has 1 fully saturated rings. The van der Waals surface area contributed by atoms with Gasteiger partial charge in [0, 0.05) is 18.6 Å². The zero-order valence-electron chi connectivity index (χ0n) is 12.0. The summed E-state index contributed by atoms with van der Waals surface area (Å²) in [4.78, 5) is 8.43. The van der Waals surface area contributed by atoms with E-state index in [0.717, 1.165) is 16.8 Å². The SMILES string of the molecule is Cn1ncc2c(Oc3ccc(C4SCCS4)cc3)ncnc21. The molecule has 0 bridgehead atoms. The van der Waals surface area contributed by atoms with Gasteiger partial charge in [-0.05, 0) is 17.7 Å². The first kappa shape index (κ1) is 13.9. The smallest absolute Gasteiger partial charge is 0.233 e. The van der Waals surface area contributed by atoms with E-state index in [4.69, 9.17) is 4.74 Å². The summed E-state index contributed by atoms with van der Waals surface area (Å²) in [6.07, 6.45) is 3.23. The highest BCUT2D eigenvalue weighted by atomic mass is 32.2. The molecule has 5 nitrogen and oxygen atoms in total. The van der Waals surface area contributed by atoms with E-state index in [2.05, 4.69) is 27.2 Å². The van der Waals surface area contributed by atoms with E-state index in [1.165, 1.54) is 23.4 Å². The number of fused-ring (bicyclic) bond motifs is 1. The molecule has 0 unspecified atom stereocenters. The van der Waals surface area contributed by atoms with Crippen LogP contribution in [0, 0.1) is 0 Å². The number of hydrogen-bond donors (Lipinski definition) is 0. The van der Waals surface area contributed by atoms with Crippen LogP contribution in [0.3, 0.4) is 0 Å². The molecule has 1 aliphatic heterocycles. The van der Waals surface area contributed by atoms with Crippen LogP contribution in [-0.2, 0) is 7.05 Å². The van der Waals surface area contributed by atoms with E-state index in [-0.39, 0.29) is 0 Å². The number of nitrogens with zero attached hydrogens (tertiary/aromatic N) is 4. The van der Waals surface area contributed by atoms with E-state index in [0.29, 0.717) is 10.5 Å². The Morgan fingerprint density at radius 3 is 2.68 bits per heavy atom. The van der Waals surface area contributed by atoms with E-state index in [1.807, 2.05) is 42.7 Å². The van der Waals surface area contributed by atoms with Crippen molar-refractivity contribution in [1.29, 1.82) is 0 Å². The van der Waals surface area contributed by atoms with Crippen LogP contribution in [0.2, 0.25) is 0 Å². The number of benzene rings is 1. The Morgan fingerprint density at radius 2 is 1.91 bits per heavy atom. The molecule has 0 spiro atoms. The Balaban J connectivity index is 1.59. The van der Waals surface area contributed by atoms with Crippen molar-refractivity contribution in [3.63, 3.8) is 0 Å². The molecule has 3 heterocycles. The first-order chi connectivity index (χ1) is 10.8. The van der Waals surface area contributed by atoms with Gasteiger partial charge in [0.1, 0.15) is 17.5 Å². The Labute approximate surface area is 136 Å². The molecule has 112 valence electrons. The molecule has 0 radical (unpaired) electrons. The molecular formula is C15H14N4OS2. The molecular weight excluding hydrogens is 316 g/mol. The van der Waals surface area contributed by atoms with Gasteiger partial charge < -0.3 is 4.74 Å². The second-order valence-electron chi connectivity index (χ2n) is 4.93. The van der Waals surface area contributed by atoms with Gasteiger partial charge >= 0.3 is 0 Å². The predicted molar refractivity (Wildman–Crippen MR) is 90.5 cm³/mol. The zero-order chi connectivity index (χ0) is 14.9. The molecule has 0 saturated carbocycles. The summed E-state index contributed by atoms with van der Waals surface area (Å²) in [5.74, 6) is 3.78. The lowest BCUT2D eigenvalue weighted by atomic mass is 10.2. The van der Waals surface area contributed by atoms with Crippen LogP contribution in [0.25, 0.3) is 11.0 Å². The van der Waals surface area contributed by atoms with Gasteiger partial charge in [-0.1, -0.05) is 12.1 Å². The van der Waals surface area contributed by atoms with Crippen molar-refractivity contribution < 1.29 is 4.74 Å². The lowest BCUT2D eigenvalue weighted by Crippen LogP contribution is -1.94. The van der Waals surface area contributed by atoms with Gasteiger partial charge in [0.05, 0.1) is 10.8 Å². The quantitative estimate of drug-likeness (QED) is 0.731. The third-order valence-electron chi connectivity index (χ3n) is 3.48. The van der Waals surface area contributed by atoms with Gasteiger partial charge in [-0.15, -0.1) is 23.5 Å². The molecule has 22 heavy (non-hydrogen) atoms. The number of rotatable bonds is 3.